The molecule has 2 aliphatic rings. The van der Waals surface area contributed by atoms with Crippen LogP contribution >= 0.6 is 34.5 Å². The molecule has 0 radical (unpaired) electrons. The van der Waals surface area contributed by atoms with Gasteiger partial charge >= 0.3 is 0 Å². The minimum atomic E-state index is -0.304. The van der Waals surface area contributed by atoms with Crippen molar-refractivity contribution in [1.29, 1.82) is 0 Å². The van der Waals surface area contributed by atoms with Crippen LogP contribution in [0.25, 0.3) is 0 Å². The maximum absolute atomic E-state index is 13.9. The van der Waals surface area contributed by atoms with E-state index in [4.69, 9.17) is 27.9 Å². The Labute approximate surface area is 231 Å². The molecule has 37 heavy (non-hydrogen) atoms. The highest BCUT2D eigenvalue weighted by atomic mass is 35.5. The van der Waals surface area contributed by atoms with Crippen molar-refractivity contribution in [2.45, 2.75) is 31.2 Å². The predicted molar refractivity (Wildman–Crippen MR) is 148 cm³/mol. The van der Waals surface area contributed by atoms with Crippen LogP contribution in [0.15, 0.2) is 60.0 Å². The van der Waals surface area contributed by atoms with Crippen LogP contribution in [0.1, 0.15) is 46.4 Å². The van der Waals surface area contributed by atoms with Crippen LogP contribution < -0.4 is 0 Å². The Morgan fingerprint density at radius 3 is 2.68 bits per heavy atom. The second-order valence-electron chi connectivity index (χ2n) is 9.67. The first-order valence-electron chi connectivity index (χ1n) is 12.6. The summed E-state index contributed by atoms with van der Waals surface area (Å²) in [5, 5.41) is 3.15. The number of ether oxygens (including phenoxy) is 1. The lowest BCUT2D eigenvalue weighted by Gasteiger charge is -2.38. The van der Waals surface area contributed by atoms with Gasteiger partial charge in [-0.05, 0) is 65.4 Å². The number of benzene rings is 2. The maximum Gasteiger partial charge on any atom is 0.242 e. The van der Waals surface area contributed by atoms with Gasteiger partial charge in [-0.2, -0.15) is 0 Å². The summed E-state index contributed by atoms with van der Waals surface area (Å²) in [5.74, 6) is 0.116. The normalized spacial score (nSPS) is 20.4. The molecule has 0 bridgehead atoms. The molecule has 0 saturated heterocycles. The lowest BCUT2D eigenvalue weighted by atomic mass is 9.93. The molecule has 8 heteroatoms. The van der Waals surface area contributed by atoms with E-state index < -0.39 is 0 Å². The molecule has 5 nitrogen and oxygen atoms in total. The van der Waals surface area contributed by atoms with Crippen LogP contribution in [-0.2, 0) is 20.7 Å². The Morgan fingerprint density at radius 1 is 1.11 bits per heavy atom. The molecule has 2 amide bonds. The van der Waals surface area contributed by atoms with E-state index in [0.29, 0.717) is 36.2 Å². The quantitative estimate of drug-likeness (QED) is 0.295. The Morgan fingerprint density at radius 2 is 1.92 bits per heavy atom. The Kier molecular flexibility index (Phi) is 8.20. The average Bonchev–Trinajstić information content (AvgIpc) is 3.56. The number of fused-ring (bicyclic) bond motifs is 1. The lowest BCUT2D eigenvalue weighted by molar-refractivity contribution is -0.142. The first-order chi connectivity index (χ1) is 18.0. The third-order valence-corrected chi connectivity index (χ3v) is 8.85. The average molecular weight is 558 g/mol. The summed E-state index contributed by atoms with van der Waals surface area (Å²) >= 11 is 14.5. The summed E-state index contributed by atoms with van der Waals surface area (Å²) in [7, 11) is 1.65. The van der Waals surface area contributed by atoms with Gasteiger partial charge in [0.2, 0.25) is 11.8 Å². The minimum Gasteiger partial charge on any atom is -0.385 e. The standard InChI is InChI=1S/C29H30Cl2N2O3S/c1-36-14-5-12-32(29(35)24-17-23(24)19-6-3-2-4-7-19)18-27(34)33-13-10-26-22(11-15-37-26)28(33)21-9-8-20(30)16-25(21)31/h2-4,6-9,11,15-16,23-24,28H,5,10,12-14,17-18H2,1H3/t23-,24?,28?/m0/s1. The molecule has 0 N–H and O–H groups in total. The van der Waals surface area contributed by atoms with Gasteiger partial charge in [-0.25, -0.2) is 0 Å². The largest absolute Gasteiger partial charge is 0.385 e. The molecular weight excluding hydrogens is 527 g/mol. The summed E-state index contributed by atoms with van der Waals surface area (Å²) < 4.78 is 5.23. The lowest BCUT2D eigenvalue weighted by Crippen LogP contribution is -2.47. The highest BCUT2D eigenvalue weighted by Crippen LogP contribution is 2.48. The molecule has 3 atom stereocenters. The van der Waals surface area contributed by atoms with Crippen LogP contribution in [0.5, 0.6) is 0 Å². The fourth-order valence-electron chi connectivity index (χ4n) is 5.34. The number of amides is 2. The highest BCUT2D eigenvalue weighted by molar-refractivity contribution is 7.10. The molecule has 0 spiro atoms. The molecule has 2 unspecified atom stereocenters. The monoisotopic (exact) mass is 556 g/mol. The van der Waals surface area contributed by atoms with Crippen molar-refractivity contribution in [3.8, 4) is 0 Å². The van der Waals surface area contributed by atoms with Crippen molar-refractivity contribution in [2.75, 3.05) is 33.4 Å². The molecule has 1 aliphatic heterocycles. The second kappa shape index (κ2) is 11.6. The third-order valence-electron chi connectivity index (χ3n) is 7.29. The van der Waals surface area contributed by atoms with Gasteiger partial charge in [0, 0.05) is 47.6 Å². The highest BCUT2D eigenvalue weighted by Gasteiger charge is 2.46. The molecular formula is C29H30Cl2N2O3S. The van der Waals surface area contributed by atoms with E-state index in [2.05, 4.69) is 23.6 Å². The van der Waals surface area contributed by atoms with Crippen molar-refractivity contribution < 1.29 is 14.3 Å². The number of methoxy groups -OCH3 is 1. The second-order valence-corrected chi connectivity index (χ2v) is 11.5. The van der Waals surface area contributed by atoms with Crippen LogP contribution in [-0.4, -0.2) is 55.0 Å². The first kappa shape index (κ1) is 26.2. The van der Waals surface area contributed by atoms with Crippen molar-refractivity contribution >= 4 is 46.4 Å². The molecule has 2 aromatic carbocycles. The number of hydrogen-bond acceptors (Lipinski definition) is 4. The summed E-state index contributed by atoms with van der Waals surface area (Å²) in [4.78, 5) is 32.3. The van der Waals surface area contributed by atoms with Crippen LogP contribution in [0, 0.1) is 5.92 Å². The zero-order valence-corrected chi connectivity index (χ0v) is 23.1. The minimum absolute atomic E-state index is 0.0434. The molecule has 2 heterocycles. The van der Waals surface area contributed by atoms with E-state index in [0.717, 1.165) is 24.0 Å². The predicted octanol–water partition coefficient (Wildman–Crippen LogP) is 6.20. The molecule has 1 aromatic heterocycles. The van der Waals surface area contributed by atoms with E-state index in [9.17, 15) is 9.59 Å². The number of rotatable bonds is 9. The van der Waals surface area contributed by atoms with Gasteiger partial charge in [0.1, 0.15) is 0 Å². The molecule has 3 aromatic rings. The van der Waals surface area contributed by atoms with E-state index in [1.54, 1.807) is 29.4 Å². The van der Waals surface area contributed by atoms with Crippen molar-refractivity contribution in [1.82, 2.24) is 9.80 Å². The number of hydrogen-bond donors (Lipinski definition) is 0. The van der Waals surface area contributed by atoms with Gasteiger partial charge in [-0.1, -0.05) is 59.6 Å². The maximum atomic E-state index is 13.9. The molecule has 194 valence electrons. The Balaban J connectivity index is 1.37. The SMILES string of the molecule is COCCCN(CC(=O)N1CCc2sccc2C1c1ccc(Cl)cc1Cl)C(=O)C1C[C@H]1c1ccccc1. The fourth-order valence-corrected chi connectivity index (χ4v) is 6.75. The van der Waals surface area contributed by atoms with Gasteiger partial charge in [0.05, 0.1) is 12.6 Å². The summed E-state index contributed by atoms with van der Waals surface area (Å²) in [5.41, 5.74) is 3.13. The molecule has 1 saturated carbocycles. The van der Waals surface area contributed by atoms with Gasteiger partial charge < -0.3 is 14.5 Å². The molecule has 1 fully saturated rings. The third kappa shape index (κ3) is 5.73. The fraction of sp³-hybridized carbons (Fsp3) is 0.379. The van der Waals surface area contributed by atoms with Gasteiger partial charge in [0.25, 0.3) is 0 Å². The summed E-state index contributed by atoms with van der Waals surface area (Å²) in [6, 6.07) is 17.3. The van der Waals surface area contributed by atoms with E-state index >= 15 is 0 Å². The number of carbonyl (C=O) groups is 2. The van der Waals surface area contributed by atoms with Crippen molar-refractivity contribution in [3.05, 3.63) is 91.6 Å². The number of carbonyl (C=O) groups excluding carboxylic acids is 2. The van der Waals surface area contributed by atoms with E-state index in [-0.39, 0.29) is 36.2 Å². The molecule has 5 rings (SSSR count). The number of thiophene rings is 1. The van der Waals surface area contributed by atoms with Gasteiger partial charge in [-0.15, -0.1) is 11.3 Å². The van der Waals surface area contributed by atoms with E-state index in [1.807, 2.05) is 35.2 Å². The van der Waals surface area contributed by atoms with Crippen molar-refractivity contribution in [2.24, 2.45) is 5.92 Å². The zero-order chi connectivity index (χ0) is 25.9. The number of nitrogens with zero attached hydrogens (tertiary/aromatic N) is 2. The zero-order valence-electron chi connectivity index (χ0n) is 20.7. The topological polar surface area (TPSA) is 49.9 Å². The van der Waals surface area contributed by atoms with E-state index in [1.165, 1.54) is 10.4 Å². The first-order valence-corrected chi connectivity index (χ1v) is 14.2. The molecule has 1 aliphatic carbocycles. The van der Waals surface area contributed by atoms with Crippen molar-refractivity contribution in [3.63, 3.8) is 0 Å². The Hall–Kier alpha value is -2.38. The summed E-state index contributed by atoms with van der Waals surface area (Å²) in [6.07, 6.45) is 2.29. The van der Waals surface area contributed by atoms with Gasteiger partial charge in [0.15, 0.2) is 0 Å². The van der Waals surface area contributed by atoms with Crippen LogP contribution in [0.2, 0.25) is 10.0 Å². The smallest absolute Gasteiger partial charge is 0.242 e. The number of halogens is 2. The van der Waals surface area contributed by atoms with Crippen LogP contribution in [0.3, 0.4) is 0 Å². The summed E-state index contributed by atoms with van der Waals surface area (Å²) in [6.45, 7) is 1.64. The van der Waals surface area contributed by atoms with Gasteiger partial charge in [-0.3, -0.25) is 9.59 Å². The van der Waals surface area contributed by atoms with Crippen LogP contribution in [0.4, 0.5) is 0 Å². The Bertz CT molecular complexity index is 1270.